The van der Waals surface area contributed by atoms with Crippen molar-refractivity contribution in [3.63, 3.8) is 0 Å². The number of carbonyl (C=O) groups excluding carboxylic acids is 1. The van der Waals surface area contributed by atoms with Gasteiger partial charge >= 0.3 is 0 Å². The summed E-state index contributed by atoms with van der Waals surface area (Å²) in [5.74, 6) is 2.30. The molecule has 0 aliphatic carbocycles. The van der Waals surface area contributed by atoms with Gasteiger partial charge in [-0.15, -0.1) is 11.8 Å². The van der Waals surface area contributed by atoms with Crippen LogP contribution in [0.25, 0.3) is 0 Å². The predicted molar refractivity (Wildman–Crippen MR) is 93.8 cm³/mol. The molecule has 1 saturated heterocycles. The highest BCUT2D eigenvalue weighted by Crippen LogP contribution is 2.28. The summed E-state index contributed by atoms with van der Waals surface area (Å²) < 4.78 is 5.34. The third kappa shape index (κ3) is 4.32. The molecule has 1 aliphatic rings. The first-order chi connectivity index (χ1) is 10.5. The minimum atomic E-state index is 0.241. The molecule has 122 valence electrons. The quantitative estimate of drug-likeness (QED) is 0.796. The first kappa shape index (κ1) is 17.5. The lowest BCUT2D eigenvalue weighted by Gasteiger charge is -2.39. The van der Waals surface area contributed by atoms with Gasteiger partial charge in [0.25, 0.3) is 0 Å². The summed E-state index contributed by atoms with van der Waals surface area (Å²) in [7, 11) is 1.65. The Labute approximate surface area is 142 Å². The highest BCUT2D eigenvalue weighted by Gasteiger charge is 2.28. The van der Waals surface area contributed by atoms with Gasteiger partial charge in [0.15, 0.2) is 0 Å². The van der Waals surface area contributed by atoms with Crippen molar-refractivity contribution < 1.29 is 9.53 Å². The average molecular weight is 342 g/mol. The van der Waals surface area contributed by atoms with Gasteiger partial charge in [0, 0.05) is 28.4 Å². The van der Waals surface area contributed by atoms with E-state index in [4.69, 9.17) is 16.3 Å². The molecular formula is C17H24ClNO2S. The number of benzene rings is 1. The minimum absolute atomic E-state index is 0.241. The van der Waals surface area contributed by atoms with Gasteiger partial charge in [-0.3, -0.25) is 4.79 Å². The second-order valence-corrected chi connectivity index (χ2v) is 7.30. The van der Waals surface area contributed by atoms with E-state index in [0.717, 1.165) is 29.9 Å². The molecule has 2 atom stereocenters. The van der Waals surface area contributed by atoms with Gasteiger partial charge in [0.05, 0.1) is 12.9 Å². The molecule has 2 unspecified atom stereocenters. The Bertz CT molecular complexity index is 513. The lowest BCUT2D eigenvalue weighted by molar-refractivity contribution is -0.134. The zero-order valence-corrected chi connectivity index (χ0v) is 15.0. The zero-order chi connectivity index (χ0) is 16.1. The molecule has 0 saturated carbocycles. The van der Waals surface area contributed by atoms with Crippen LogP contribution in [0, 0.1) is 0 Å². The van der Waals surface area contributed by atoms with E-state index >= 15 is 0 Å². The lowest BCUT2D eigenvalue weighted by Crippen LogP contribution is -2.48. The number of hydrogen-bond donors (Lipinski definition) is 0. The molecule has 1 aromatic carbocycles. The molecule has 0 radical (unpaired) electrons. The van der Waals surface area contributed by atoms with Gasteiger partial charge in [-0.05, 0) is 51.3 Å². The number of thioether (sulfide) groups is 1. The Kier molecular flexibility index (Phi) is 6.45. The van der Waals surface area contributed by atoms with Crippen molar-refractivity contribution in [1.29, 1.82) is 0 Å². The molecule has 1 amide bonds. The van der Waals surface area contributed by atoms with Gasteiger partial charge in [0.1, 0.15) is 5.75 Å². The van der Waals surface area contributed by atoms with Crippen LogP contribution < -0.4 is 4.74 Å². The lowest BCUT2D eigenvalue weighted by atomic mass is 9.98. The Balaban J connectivity index is 1.90. The minimum Gasteiger partial charge on any atom is -0.496 e. The third-order valence-electron chi connectivity index (χ3n) is 4.21. The predicted octanol–water partition coefficient (Wildman–Crippen LogP) is 4.37. The molecular weight excluding hydrogens is 318 g/mol. The van der Waals surface area contributed by atoms with Crippen LogP contribution in [0.3, 0.4) is 0 Å². The first-order valence-electron chi connectivity index (χ1n) is 7.74. The number of carbonyl (C=O) groups is 1. The molecule has 2 rings (SSSR count). The van der Waals surface area contributed by atoms with Gasteiger partial charge in [-0.25, -0.2) is 0 Å². The highest BCUT2D eigenvalue weighted by atomic mass is 35.5. The van der Waals surface area contributed by atoms with Crippen molar-refractivity contribution in [2.24, 2.45) is 0 Å². The Hall–Kier alpha value is -0.870. The molecule has 0 aromatic heterocycles. The summed E-state index contributed by atoms with van der Waals surface area (Å²) in [4.78, 5) is 14.5. The molecule has 1 aromatic rings. The van der Waals surface area contributed by atoms with Crippen LogP contribution in [-0.4, -0.2) is 35.8 Å². The summed E-state index contributed by atoms with van der Waals surface area (Å²) in [5, 5.41) is 0.695. The molecule has 0 bridgehead atoms. The van der Waals surface area contributed by atoms with E-state index < -0.39 is 0 Å². The van der Waals surface area contributed by atoms with Crippen LogP contribution in [0.15, 0.2) is 18.2 Å². The summed E-state index contributed by atoms with van der Waals surface area (Å²) in [6, 6.07) is 6.31. The standard InChI is InChI=1S/C17H24ClNO2S/c1-12-5-4-6-13(2)19(12)17(20)11-22-10-14-9-15(18)7-8-16(14)21-3/h7-9,12-13H,4-6,10-11H2,1-3H3. The van der Waals surface area contributed by atoms with Crippen molar-refractivity contribution in [3.8, 4) is 5.75 Å². The number of likely N-dealkylation sites (tertiary alicyclic amines) is 1. The van der Waals surface area contributed by atoms with Crippen LogP contribution in [0.1, 0.15) is 38.7 Å². The number of piperidine rings is 1. The number of hydrogen-bond acceptors (Lipinski definition) is 3. The molecule has 1 aliphatic heterocycles. The number of rotatable bonds is 5. The SMILES string of the molecule is COc1ccc(Cl)cc1CSCC(=O)N1C(C)CCCC1C. The summed E-state index contributed by atoms with van der Waals surface area (Å²) in [6.45, 7) is 4.30. The molecule has 3 nitrogen and oxygen atoms in total. The fraction of sp³-hybridized carbons (Fsp3) is 0.588. The van der Waals surface area contributed by atoms with Gasteiger partial charge in [-0.2, -0.15) is 0 Å². The number of methoxy groups -OCH3 is 1. The van der Waals surface area contributed by atoms with Crippen molar-refractivity contribution in [2.45, 2.75) is 50.9 Å². The number of ether oxygens (including phenoxy) is 1. The molecule has 22 heavy (non-hydrogen) atoms. The van der Waals surface area contributed by atoms with E-state index in [9.17, 15) is 4.79 Å². The maximum Gasteiger partial charge on any atom is 0.233 e. The summed E-state index contributed by atoms with van der Waals surface area (Å²) in [6.07, 6.45) is 3.45. The van der Waals surface area contributed by atoms with Crippen LogP contribution in [0.2, 0.25) is 5.02 Å². The van der Waals surface area contributed by atoms with Crippen molar-refractivity contribution in [2.75, 3.05) is 12.9 Å². The largest absolute Gasteiger partial charge is 0.496 e. The average Bonchev–Trinajstić information content (AvgIpc) is 2.47. The number of halogens is 1. The van der Waals surface area contributed by atoms with Crippen molar-refractivity contribution in [3.05, 3.63) is 28.8 Å². The van der Waals surface area contributed by atoms with Crippen LogP contribution >= 0.6 is 23.4 Å². The third-order valence-corrected chi connectivity index (χ3v) is 5.41. The Morgan fingerprint density at radius 3 is 2.68 bits per heavy atom. The normalized spacial score (nSPS) is 21.7. The maximum absolute atomic E-state index is 12.5. The Morgan fingerprint density at radius 1 is 1.36 bits per heavy atom. The van der Waals surface area contributed by atoms with Crippen LogP contribution in [-0.2, 0) is 10.5 Å². The maximum atomic E-state index is 12.5. The van der Waals surface area contributed by atoms with Crippen molar-refractivity contribution in [1.82, 2.24) is 4.90 Å². The fourth-order valence-corrected chi connectivity index (χ4v) is 4.16. The van der Waals surface area contributed by atoms with Crippen molar-refractivity contribution >= 4 is 29.3 Å². The summed E-state index contributed by atoms with van der Waals surface area (Å²) >= 11 is 7.66. The topological polar surface area (TPSA) is 29.5 Å². The van der Waals surface area contributed by atoms with E-state index in [-0.39, 0.29) is 5.91 Å². The van der Waals surface area contributed by atoms with E-state index in [2.05, 4.69) is 18.7 Å². The number of nitrogens with zero attached hydrogens (tertiary/aromatic N) is 1. The summed E-state index contributed by atoms with van der Waals surface area (Å²) in [5.41, 5.74) is 1.03. The van der Waals surface area contributed by atoms with E-state index in [0.29, 0.717) is 22.9 Å². The molecule has 1 fully saturated rings. The molecule has 0 N–H and O–H groups in total. The molecule has 1 heterocycles. The first-order valence-corrected chi connectivity index (χ1v) is 9.27. The van der Waals surface area contributed by atoms with E-state index in [1.54, 1.807) is 18.9 Å². The zero-order valence-electron chi connectivity index (χ0n) is 13.5. The van der Waals surface area contributed by atoms with Crippen LogP contribution in [0.5, 0.6) is 5.75 Å². The number of amides is 1. The monoisotopic (exact) mass is 341 g/mol. The van der Waals surface area contributed by atoms with Crippen LogP contribution in [0.4, 0.5) is 0 Å². The Morgan fingerprint density at radius 2 is 2.05 bits per heavy atom. The van der Waals surface area contributed by atoms with Gasteiger partial charge in [-0.1, -0.05) is 11.6 Å². The second kappa shape index (κ2) is 8.11. The fourth-order valence-electron chi connectivity index (χ4n) is 3.10. The van der Waals surface area contributed by atoms with E-state index in [1.165, 1.54) is 6.42 Å². The van der Waals surface area contributed by atoms with E-state index in [1.807, 2.05) is 18.2 Å². The molecule has 0 spiro atoms. The smallest absolute Gasteiger partial charge is 0.233 e. The van der Waals surface area contributed by atoms with Gasteiger partial charge < -0.3 is 9.64 Å². The molecule has 5 heteroatoms. The van der Waals surface area contributed by atoms with Gasteiger partial charge in [0.2, 0.25) is 5.91 Å². The second-order valence-electron chi connectivity index (χ2n) is 5.88. The highest BCUT2D eigenvalue weighted by molar-refractivity contribution is 7.99.